The van der Waals surface area contributed by atoms with E-state index < -0.39 is 6.04 Å². The van der Waals surface area contributed by atoms with E-state index in [1.807, 2.05) is 13.8 Å². The molecule has 1 aromatic rings. The Labute approximate surface area is 151 Å². The summed E-state index contributed by atoms with van der Waals surface area (Å²) >= 11 is 4.85. The third-order valence-electron chi connectivity index (χ3n) is 2.46. The molecular formula is C15H25BrGeN2OS-2. The van der Waals surface area contributed by atoms with E-state index in [-0.39, 0.29) is 38.3 Å². The molecule has 1 unspecified atom stereocenters. The van der Waals surface area contributed by atoms with Gasteiger partial charge in [-0.15, -0.1) is 17.0 Å². The molecule has 120 valence electrons. The second kappa shape index (κ2) is 14.9. The average molecular weight is 434 g/mol. The molecule has 0 saturated heterocycles. The van der Waals surface area contributed by atoms with E-state index in [0.717, 1.165) is 0 Å². The predicted octanol–water partition coefficient (Wildman–Crippen LogP) is 1.31. The van der Waals surface area contributed by atoms with Gasteiger partial charge in [-0.25, -0.2) is 0 Å². The van der Waals surface area contributed by atoms with Gasteiger partial charge < -0.3 is 28.5 Å². The molecule has 0 fully saturated rings. The van der Waals surface area contributed by atoms with Crippen molar-refractivity contribution in [2.45, 2.75) is 32.1 Å². The number of rotatable bonds is 6. The van der Waals surface area contributed by atoms with Crippen molar-refractivity contribution in [1.29, 1.82) is 0 Å². The maximum atomic E-state index is 11.1. The molecule has 0 aliphatic rings. The molecule has 0 saturated carbocycles. The summed E-state index contributed by atoms with van der Waals surface area (Å²) in [5.41, 5.74) is 5.58. The summed E-state index contributed by atoms with van der Waals surface area (Å²) in [7, 11) is 0. The first-order valence-electron chi connectivity index (χ1n) is 6.79. The normalized spacial score (nSPS) is 12.2. The Morgan fingerprint density at radius 3 is 2.29 bits per heavy atom. The van der Waals surface area contributed by atoms with E-state index in [4.69, 9.17) is 5.73 Å². The van der Waals surface area contributed by atoms with E-state index in [2.05, 4.69) is 53.7 Å². The van der Waals surface area contributed by atoms with Crippen LogP contribution in [0.4, 0.5) is 0 Å². The van der Waals surface area contributed by atoms with Crippen molar-refractivity contribution < 1.29 is 5.11 Å². The van der Waals surface area contributed by atoms with Crippen molar-refractivity contribution in [1.82, 2.24) is 0 Å². The van der Waals surface area contributed by atoms with Crippen molar-refractivity contribution in [3.63, 3.8) is 0 Å². The fraction of sp³-hybridized carbons (Fsp3) is 0.533. The molecule has 2 radical (unpaired) electrons. The number of hydrogen-bond donors (Lipinski definition) is 1. The summed E-state index contributed by atoms with van der Waals surface area (Å²) < 4.78 is 1.53. The van der Waals surface area contributed by atoms with Crippen LogP contribution in [0.25, 0.3) is 0 Å². The number of benzene rings is 1. The van der Waals surface area contributed by atoms with Gasteiger partial charge in [-0.2, -0.15) is 5.75 Å². The Hall–Kier alpha value is 0.0229. The van der Waals surface area contributed by atoms with Gasteiger partial charge in [0, 0.05) is 12.6 Å². The summed E-state index contributed by atoms with van der Waals surface area (Å²) in [5, 5.41) is 11.1. The quantitative estimate of drug-likeness (QED) is 0.318. The second-order valence-corrected chi connectivity index (χ2v) is 7.44. The molecule has 0 spiro atoms. The first kappa shape index (κ1) is 23.3. The first-order chi connectivity index (χ1) is 9.51. The fourth-order valence-corrected chi connectivity index (χ4v) is 2.68. The molecule has 0 heterocycles. The van der Waals surface area contributed by atoms with Gasteiger partial charge in [-0.1, -0.05) is 13.8 Å². The molecule has 1 aromatic carbocycles. The molecule has 1 atom stereocenters. The molecule has 21 heavy (non-hydrogen) atoms. The SMILES string of the molecule is Br.CC(C)CC(N)C([O-])=NCC[S-].[CH3][Ge][c]1ccccc1. The average Bonchev–Trinajstić information content (AvgIpc) is 2.45. The third kappa shape index (κ3) is 13.4. The van der Waals surface area contributed by atoms with E-state index >= 15 is 0 Å². The zero-order valence-electron chi connectivity index (χ0n) is 12.9. The van der Waals surface area contributed by atoms with Crippen molar-refractivity contribution in [2.24, 2.45) is 16.6 Å². The maximum absolute atomic E-state index is 11.1. The minimum atomic E-state index is -0.438. The van der Waals surface area contributed by atoms with Gasteiger partial charge in [0.2, 0.25) is 0 Å². The molecule has 0 amide bonds. The molecule has 0 aliphatic carbocycles. The van der Waals surface area contributed by atoms with Gasteiger partial charge in [-0.05, 0) is 18.2 Å². The summed E-state index contributed by atoms with van der Waals surface area (Å²) in [4.78, 5) is 3.73. The van der Waals surface area contributed by atoms with Crippen molar-refractivity contribution in [3.8, 4) is 0 Å². The van der Waals surface area contributed by atoms with Gasteiger partial charge in [0.05, 0.1) is 0 Å². The van der Waals surface area contributed by atoms with Crippen LogP contribution in [0.1, 0.15) is 20.3 Å². The Bertz CT molecular complexity index is 377. The van der Waals surface area contributed by atoms with Crippen LogP contribution >= 0.6 is 17.0 Å². The van der Waals surface area contributed by atoms with Gasteiger partial charge in [0.15, 0.2) is 0 Å². The molecule has 0 bridgehead atoms. The first-order valence-corrected chi connectivity index (χ1v) is 10.5. The molecule has 1 rings (SSSR count). The summed E-state index contributed by atoms with van der Waals surface area (Å²) in [5.74, 6) is 2.99. The number of aliphatic imine (C=N–C) groups is 1. The van der Waals surface area contributed by atoms with Crippen LogP contribution in [0.5, 0.6) is 0 Å². The van der Waals surface area contributed by atoms with E-state index in [1.165, 1.54) is 4.40 Å². The zero-order valence-corrected chi connectivity index (χ0v) is 17.5. The minimum absolute atomic E-state index is 0. The van der Waals surface area contributed by atoms with E-state index in [0.29, 0.717) is 24.6 Å². The fourth-order valence-electron chi connectivity index (χ4n) is 1.49. The van der Waals surface area contributed by atoms with E-state index in [9.17, 15) is 5.11 Å². The Balaban J connectivity index is 0. The van der Waals surface area contributed by atoms with Crippen LogP contribution in [-0.2, 0) is 12.6 Å². The molecular weight excluding hydrogens is 409 g/mol. The Morgan fingerprint density at radius 2 is 1.90 bits per heavy atom. The number of nitrogens with zero attached hydrogens (tertiary/aromatic N) is 1. The summed E-state index contributed by atoms with van der Waals surface area (Å²) in [6, 6.07) is 10.2. The van der Waals surface area contributed by atoms with Crippen LogP contribution in [0.3, 0.4) is 0 Å². The topological polar surface area (TPSA) is 61.4 Å². The number of hydrogen-bond acceptors (Lipinski definition) is 4. The van der Waals surface area contributed by atoms with Crippen LogP contribution in [0, 0.1) is 5.92 Å². The van der Waals surface area contributed by atoms with Crippen molar-refractivity contribution in [3.05, 3.63) is 30.3 Å². The van der Waals surface area contributed by atoms with Gasteiger partial charge in [0.1, 0.15) is 0 Å². The predicted molar refractivity (Wildman–Crippen MR) is 100.0 cm³/mol. The van der Waals surface area contributed by atoms with Crippen molar-refractivity contribution in [2.75, 3.05) is 12.3 Å². The Morgan fingerprint density at radius 1 is 1.33 bits per heavy atom. The molecule has 6 heteroatoms. The van der Waals surface area contributed by atoms with Crippen LogP contribution < -0.4 is 15.2 Å². The number of nitrogens with two attached hydrogens (primary N) is 1. The standard InChI is InChI=1S/C8H18N2OS.C7H8Ge.BrH/c1-6(2)5-7(9)8(11)10-3-4-12;1-8-7-5-3-2-4-6-7;/h6-7,12H,3-5,9H2,1-2H3,(H,10,11);2-6H,1H3;1H/p-2. The second-order valence-electron chi connectivity index (χ2n) is 4.78. The Kier molecular flexibility index (Phi) is 16.6. The third-order valence-corrected chi connectivity index (χ3v) is 4.56. The van der Waals surface area contributed by atoms with Crippen molar-refractivity contribution >= 4 is 55.3 Å². The zero-order chi connectivity index (χ0) is 15.4. The van der Waals surface area contributed by atoms with Gasteiger partial charge in [-0.3, -0.25) is 0 Å². The van der Waals surface area contributed by atoms with Gasteiger partial charge in [0.25, 0.3) is 0 Å². The van der Waals surface area contributed by atoms with Gasteiger partial charge >= 0.3 is 55.9 Å². The monoisotopic (exact) mass is 434 g/mol. The number of halogens is 1. The molecule has 3 nitrogen and oxygen atoms in total. The molecule has 2 N–H and O–H groups in total. The van der Waals surface area contributed by atoms with E-state index in [1.54, 1.807) is 0 Å². The van der Waals surface area contributed by atoms with Crippen LogP contribution in [0.15, 0.2) is 35.3 Å². The summed E-state index contributed by atoms with van der Waals surface area (Å²) in [6.07, 6.45) is 0.694. The van der Waals surface area contributed by atoms with Crippen LogP contribution in [-0.4, -0.2) is 39.7 Å². The van der Waals surface area contributed by atoms with Crippen LogP contribution in [0.2, 0.25) is 5.76 Å². The molecule has 0 aliphatic heterocycles. The summed E-state index contributed by atoms with van der Waals surface area (Å²) in [6.45, 7) is 4.47. The molecule has 0 aromatic heterocycles.